The molecule has 0 atom stereocenters. The highest BCUT2D eigenvalue weighted by molar-refractivity contribution is 5.76. The van der Waals surface area contributed by atoms with Gasteiger partial charge in [-0.25, -0.2) is 0 Å². The van der Waals surface area contributed by atoms with Crippen LogP contribution in [0.2, 0.25) is 0 Å². The molecule has 0 bridgehead atoms. The molecule has 1 aliphatic rings. The summed E-state index contributed by atoms with van der Waals surface area (Å²) in [6.45, 7) is 2.66. The summed E-state index contributed by atoms with van der Waals surface area (Å²) in [6, 6.07) is 7.94. The van der Waals surface area contributed by atoms with E-state index in [1.54, 1.807) is 7.11 Å². The monoisotopic (exact) mass is 248 g/mol. The molecule has 1 amide bonds. The quantitative estimate of drug-likeness (QED) is 0.788. The lowest BCUT2D eigenvalue weighted by atomic mass is 9.99. The third kappa shape index (κ3) is 3.74. The topological polar surface area (TPSA) is 50.4 Å². The van der Waals surface area contributed by atoms with Gasteiger partial charge in [0.2, 0.25) is 5.91 Å². The Morgan fingerprint density at radius 2 is 2.11 bits per heavy atom. The van der Waals surface area contributed by atoms with Crippen LogP contribution in [0.1, 0.15) is 12.0 Å². The molecule has 0 aromatic heterocycles. The maximum absolute atomic E-state index is 11.6. The van der Waals surface area contributed by atoms with Crippen molar-refractivity contribution >= 4 is 5.91 Å². The standard InChI is InChI=1S/C14H20N2O2/c1-18-13-4-2-11(3-5-13)6-7-16-14(17)8-12-9-15-10-12/h2-5,12,15H,6-10H2,1H3,(H,16,17). The zero-order valence-electron chi connectivity index (χ0n) is 10.7. The molecule has 0 aliphatic carbocycles. The molecule has 4 heteroatoms. The lowest BCUT2D eigenvalue weighted by molar-refractivity contribution is -0.122. The van der Waals surface area contributed by atoms with Gasteiger partial charge in [0.15, 0.2) is 0 Å². The highest BCUT2D eigenvalue weighted by Gasteiger charge is 2.19. The Balaban J connectivity index is 1.65. The second-order valence-corrected chi connectivity index (χ2v) is 4.68. The van der Waals surface area contributed by atoms with Gasteiger partial charge >= 0.3 is 0 Å². The van der Waals surface area contributed by atoms with Crippen molar-refractivity contribution in [3.8, 4) is 5.75 Å². The predicted octanol–water partition coefficient (Wildman–Crippen LogP) is 0.963. The van der Waals surface area contributed by atoms with Crippen molar-refractivity contribution in [1.82, 2.24) is 10.6 Å². The van der Waals surface area contributed by atoms with E-state index >= 15 is 0 Å². The van der Waals surface area contributed by atoms with Gasteiger partial charge < -0.3 is 15.4 Å². The summed E-state index contributed by atoms with van der Waals surface area (Å²) in [6.07, 6.45) is 1.51. The fourth-order valence-corrected chi connectivity index (χ4v) is 1.97. The van der Waals surface area contributed by atoms with E-state index in [0.717, 1.165) is 25.3 Å². The zero-order valence-corrected chi connectivity index (χ0v) is 10.7. The third-order valence-corrected chi connectivity index (χ3v) is 3.23. The number of rotatable bonds is 6. The fraction of sp³-hybridized carbons (Fsp3) is 0.500. The Bertz CT molecular complexity index is 385. The van der Waals surface area contributed by atoms with E-state index in [0.29, 0.717) is 18.9 Å². The number of benzene rings is 1. The van der Waals surface area contributed by atoms with E-state index in [2.05, 4.69) is 10.6 Å². The molecule has 2 rings (SSSR count). The van der Waals surface area contributed by atoms with Crippen molar-refractivity contribution in [1.29, 1.82) is 0 Å². The molecule has 1 saturated heterocycles. The van der Waals surface area contributed by atoms with Crippen LogP contribution >= 0.6 is 0 Å². The minimum atomic E-state index is 0.162. The Labute approximate surface area is 108 Å². The summed E-state index contributed by atoms with van der Waals surface area (Å²) in [7, 11) is 1.66. The molecular weight excluding hydrogens is 228 g/mol. The molecule has 1 aromatic carbocycles. The third-order valence-electron chi connectivity index (χ3n) is 3.23. The molecule has 4 nitrogen and oxygen atoms in total. The van der Waals surface area contributed by atoms with E-state index in [9.17, 15) is 4.79 Å². The van der Waals surface area contributed by atoms with Crippen LogP contribution in [0.3, 0.4) is 0 Å². The number of amides is 1. The highest BCUT2D eigenvalue weighted by atomic mass is 16.5. The molecule has 0 saturated carbocycles. The lowest BCUT2D eigenvalue weighted by Crippen LogP contribution is -2.44. The van der Waals surface area contributed by atoms with Gasteiger partial charge in [0.1, 0.15) is 5.75 Å². The summed E-state index contributed by atoms with van der Waals surface area (Å²) in [5.74, 6) is 1.56. The molecule has 0 unspecified atom stereocenters. The van der Waals surface area contributed by atoms with Crippen molar-refractivity contribution in [3.63, 3.8) is 0 Å². The van der Waals surface area contributed by atoms with E-state index in [1.165, 1.54) is 5.56 Å². The molecule has 1 fully saturated rings. The van der Waals surface area contributed by atoms with Gasteiger partial charge in [0.25, 0.3) is 0 Å². The number of hydrogen-bond donors (Lipinski definition) is 2. The Morgan fingerprint density at radius 1 is 1.39 bits per heavy atom. The van der Waals surface area contributed by atoms with Gasteiger partial charge in [-0.05, 0) is 43.1 Å². The molecule has 0 radical (unpaired) electrons. The molecule has 1 aromatic rings. The van der Waals surface area contributed by atoms with Gasteiger partial charge in [-0.1, -0.05) is 12.1 Å². The fourth-order valence-electron chi connectivity index (χ4n) is 1.97. The van der Waals surface area contributed by atoms with Crippen molar-refractivity contribution in [2.24, 2.45) is 5.92 Å². The van der Waals surface area contributed by atoms with Crippen LogP contribution in [0.25, 0.3) is 0 Å². The van der Waals surface area contributed by atoms with E-state index < -0.39 is 0 Å². The van der Waals surface area contributed by atoms with Gasteiger partial charge in [-0.15, -0.1) is 0 Å². The summed E-state index contributed by atoms with van der Waals surface area (Å²) in [5, 5.41) is 6.13. The summed E-state index contributed by atoms with van der Waals surface area (Å²) < 4.78 is 5.10. The number of carbonyl (C=O) groups is 1. The smallest absolute Gasteiger partial charge is 0.220 e. The molecule has 2 N–H and O–H groups in total. The number of ether oxygens (including phenoxy) is 1. The summed E-state index contributed by atoms with van der Waals surface area (Å²) in [4.78, 5) is 11.6. The number of carbonyl (C=O) groups excluding carboxylic acids is 1. The second-order valence-electron chi connectivity index (χ2n) is 4.68. The van der Waals surface area contributed by atoms with Crippen LogP contribution in [0.4, 0.5) is 0 Å². The Kier molecular flexibility index (Phi) is 4.59. The van der Waals surface area contributed by atoms with Crippen molar-refractivity contribution < 1.29 is 9.53 Å². The first-order valence-corrected chi connectivity index (χ1v) is 6.38. The average Bonchev–Trinajstić information content (AvgIpc) is 2.35. The van der Waals surface area contributed by atoms with Gasteiger partial charge in [-0.2, -0.15) is 0 Å². The first kappa shape index (κ1) is 12.9. The first-order chi connectivity index (χ1) is 8.78. The number of nitrogens with one attached hydrogen (secondary N) is 2. The molecule has 1 aliphatic heterocycles. The largest absolute Gasteiger partial charge is 0.497 e. The van der Waals surface area contributed by atoms with Crippen molar-refractivity contribution in [3.05, 3.63) is 29.8 Å². The van der Waals surface area contributed by atoms with Crippen LogP contribution in [0.5, 0.6) is 5.75 Å². The van der Waals surface area contributed by atoms with Crippen LogP contribution < -0.4 is 15.4 Å². The van der Waals surface area contributed by atoms with E-state index in [4.69, 9.17) is 4.74 Å². The Morgan fingerprint density at radius 3 is 2.67 bits per heavy atom. The van der Waals surface area contributed by atoms with Gasteiger partial charge in [-0.3, -0.25) is 4.79 Å². The van der Waals surface area contributed by atoms with Crippen LogP contribution in [0, 0.1) is 5.92 Å². The highest BCUT2D eigenvalue weighted by Crippen LogP contribution is 2.11. The maximum Gasteiger partial charge on any atom is 0.220 e. The van der Waals surface area contributed by atoms with Gasteiger partial charge in [0, 0.05) is 13.0 Å². The van der Waals surface area contributed by atoms with E-state index in [1.807, 2.05) is 24.3 Å². The minimum absolute atomic E-state index is 0.162. The Hall–Kier alpha value is -1.55. The average molecular weight is 248 g/mol. The van der Waals surface area contributed by atoms with Gasteiger partial charge in [0.05, 0.1) is 7.11 Å². The minimum Gasteiger partial charge on any atom is -0.497 e. The van der Waals surface area contributed by atoms with Crippen LogP contribution in [0.15, 0.2) is 24.3 Å². The molecule has 98 valence electrons. The lowest BCUT2D eigenvalue weighted by Gasteiger charge is -2.26. The maximum atomic E-state index is 11.6. The van der Waals surface area contributed by atoms with Crippen molar-refractivity contribution in [2.75, 3.05) is 26.7 Å². The normalized spacial score (nSPS) is 14.9. The van der Waals surface area contributed by atoms with E-state index in [-0.39, 0.29) is 5.91 Å². The summed E-state index contributed by atoms with van der Waals surface area (Å²) in [5.41, 5.74) is 1.21. The first-order valence-electron chi connectivity index (χ1n) is 6.38. The zero-order chi connectivity index (χ0) is 12.8. The van der Waals surface area contributed by atoms with Crippen LogP contribution in [-0.2, 0) is 11.2 Å². The molecule has 0 spiro atoms. The molecule has 1 heterocycles. The molecular formula is C14H20N2O2. The second kappa shape index (κ2) is 6.40. The summed E-state index contributed by atoms with van der Waals surface area (Å²) >= 11 is 0. The SMILES string of the molecule is COc1ccc(CCNC(=O)CC2CNC2)cc1. The number of methoxy groups -OCH3 is 1. The molecule has 18 heavy (non-hydrogen) atoms. The van der Waals surface area contributed by atoms with Crippen molar-refractivity contribution in [2.45, 2.75) is 12.8 Å². The number of hydrogen-bond acceptors (Lipinski definition) is 3. The van der Waals surface area contributed by atoms with Crippen LogP contribution in [-0.4, -0.2) is 32.7 Å². The predicted molar refractivity (Wildman–Crippen MR) is 70.7 cm³/mol.